The summed E-state index contributed by atoms with van der Waals surface area (Å²) in [7, 11) is 0. The Hall–Kier alpha value is -2.25. The summed E-state index contributed by atoms with van der Waals surface area (Å²) < 4.78 is 3.58. The van der Waals surface area contributed by atoms with Crippen molar-refractivity contribution >= 4 is 5.91 Å². The monoisotopic (exact) mass is 305 g/mol. The standard InChI is InChI=1S/C14H23N7O/c1-5-21-12(4)14(11(3)17-21)10(2)16-13(22)7-6-8-20-9-15-18-19-20/h9-10H,5-8H2,1-4H3,(H,16,22)/t10-/m0/s1. The Morgan fingerprint density at radius 3 is 2.77 bits per heavy atom. The van der Waals surface area contributed by atoms with E-state index in [1.165, 1.54) is 0 Å². The molecule has 0 radical (unpaired) electrons. The molecular formula is C14H23N7O. The van der Waals surface area contributed by atoms with E-state index in [4.69, 9.17) is 0 Å². The van der Waals surface area contributed by atoms with Crippen LogP contribution in [0.15, 0.2) is 6.33 Å². The number of aromatic nitrogens is 6. The number of rotatable bonds is 7. The van der Waals surface area contributed by atoms with Gasteiger partial charge in [-0.3, -0.25) is 9.48 Å². The summed E-state index contributed by atoms with van der Waals surface area (Å²) in [5.41, 5.74) is 3.19. The summed E-state index contributed by atoms with van der Waals surface area (Å²) in [6.45, 7) is 9.55. The second-order valence-corrected chi connectivity index (χ2v) is 5.37. The SMILES string of the molecule is CCn1nc(C)c([C@H](C)NC(=O)CCCn2cnnn2)c1C. The van der Waals surface area contributed by atoms with Crippen LogP contribution in [0.4, 0.5) is 0 Å². The topological polar surface area (TPSA) is 90.5 Å². The molecule has 0 aliphatic rings. The molecule has 0 saturated heterocycles. The quantitative estimate of drug-likeness (QED) is 0.829. The van der Waals surface area contributed by atoms with Crippen molar-refractivity contribution in [2.75, 3.05) is 0 Å². The molecule has 2 rings (SSSR count). The van der Waals surface area contributed by atoms with Crippen molar-refractivity contribution in [1.29, 1.82) is 0 Å². The molecule has 0 aliphatic heterocycles. The molecular weight excluding hydrogens is 282 g/mol. The summed E-state index contributed by atoms with van der Waals surface area (Å²) in [6, 6.07) is -0.0409. The molecule has 120 valence electrons. The zero-order valence-electron chi connectivity index (χ0n) is 13.6. The highest BCUT2D eigenvalue weighted by atomic mass is 16.1. The Bertz CT molecular complexity index is 617. The predicted molar refractivity (Wildman–Crippen MR) is 81.0 cm³/mol. The molecule has 1 amide bonds. The van der Waals surface area contributed by atoms with Crippen molar-refractivity contribution in [3.05, 3.63) is 23.3 Å². The molecule has 0 spiro atoms. The zero-order chi connectivity index (χ0) is 16.1. The van der Waals surface area contributed by atoms with Crippen molar-refractivity contribution in [2.45, 2.75) is 59.7 Å². The highest BCUT2D eigenvalue weighted by Gasteiger charge is 2.18. The Labute approximate surface area is 129 Å². The van der Waals surface area contributed by atoms with Gasteiger partial charge in [0.15, 0.2) is 0 Å². The van der Waals surface area contributed by atoms with E-state index in [-0.39, 0.29) is 11.9 Å². The van der Waals surface area contributed by atoms with Crippen LogP contribution < -0.4 is 5.32 Å². The maximum absolute atomic E-state index is 12.1. The van der Waals surface area contributed by atoms with Crippen LogP contribution in [0.5, 0.6) is 0 Å². The lowest BCUT2D eigenvalue weighted by molar-refractivity contribution is -0.121. The third-order valence-corrected chi connectivity index (χ3v) is 3.73. The van der Waals surface area contributed by atoms with E-state index in [9.17, 15) is 4.79 Å². The molecule has 2 heterocycles. The maximum atomic E-state index is 12.1. The molecule has 0 aliphatic carbocycles. The van der Waals surface area contributed by atoms with Gasteiger partial charge in [0.25, 0.3) is 0 Å². The number of nitrogens with one attached hydrogen (secondary N) is 1. The Balaban J connectivity index is 1.87. The fourth-order valence-corrected chi connectivity index (χ4v) is 2.72. The van der Waals surface area contributed by atoms with Crippen molar-refractivity contribution in [2.24, 2.45) is 0 Å². The van der Waals surface area contributed by atoms with Crippen LogP contribution in [0.1, 0.15) is 49.7 Å². The minimum atomic E-state index is -0.0409. The van der Waals surface area contributed by atoms with E-state index in [0.29, 0.717) is 19.4 Å². The Morgan fingerprint density at radius 2 is 2.18 bits per heavy atom. The molecule has 0 aromatic carbocycles. The number of carbonyl (C=O) groups excluding carboxylic acids is 1. The third-order valence-electron chi connectivity index (χ3n) is 3.73. The van der Waals surface area contributed by atoms with Crippen molar-refractivity contribution in [3.63, 3.8) is 0 Å². The Morgan fingerprint density at radius 1 is 1.41 bits per heavy atom. The highest BCUT2D eigenvalue weighted by Crippen LogP contribution is 2.21. The van der Waals surface area contributed by atoms with E-state index in [0.717, 1.165) is 23.5 Å². The van der Waals surface area contributed by atoms with Crippen LogP contribution in [0, 0.1) is 13.8 Å². The molecule has 0 unspecified atom stereocenters. The van der Waals surface area contributed by atoms with Crippen LogP contribution in [0.3, 0.4) is 0 Å². The molecule has 2 aromatic rings. The van der Waals surface area contributed by atoms with E-state index < -0.39 is 0 Å². The van der Waals surface area contributed by atoms with Crippen LogP contribution in [-0.4, -0.2) is 35.9 Å². The first-order chi connectivity index (χ1) is 10.5. The number of amides is 1. The first-order valence-electron chi connectivity index (χ1n) is 7.57. The number of nitrogens with zero attached hydrogens (tertiary/aromatic N) is 6. The predicted octanol–water partition coefficient (Wildman–Crippen LogP) is 1.16. The number of hydrogen-bond acceptors (Lipinski definition) is 5. The van der Waals surface area contributed by atoms with Crippen LogP contribution in [0.25, 0.3) is 0 Å². The maximum Gasteiger partial charge on any atom is 0.220 e. The molecule has 0 saturated carbocycles. The van der Waals surface area contributed by atoms with Gasteiger partial charge in [-0.05, 0) is 44.5 Å². The molecule has 2 aromatic heterocycles. The summed E-state index contributed by atoms with van der Waals surface area (Å²) in [5, 5.41) is 18.4. The number of hydrogen-bond donors (Lipinski definition) is 1. The highest BCUT2D eigenvalue weighted by molar-refractivity contribution is 5.76. The van der Waals surface area contributed by atoms with Gasteiger partial charge in [0.05, 0.1) is 11.7 Å². The van der Waals surface area contributed by atoms with Crippen LogP contribution >= 0.6 is 0 Å². The fraction of sp³-hybridized carbons (Fsp3) is 0.643. The molecule has 1 N–H and O–H groups in total. The lowest BCUT2D eigenvalue weighted by atomic mass is 10.1. The average molecular weight is 305 g/mol. The second kappa shape index (κ2) is 7.15. The minimum Gasteiger partial charge on any atom is -0.349 e. The normalized spacial score (nSPS) is 12.4. The number of aryl methyl sites for hydroxylation is 3. The van der Waals surface area contributed by atoms with E-state index >= 15 is 0 Å². The molecule has 8 heteroatoms. The van der Waals surface area contributed by atoms with Gasteiger partial charge in [-0.1, -0.05) is 0 Å². The largest absolute Gasteiger partial charge is 0.349 e. The lowest BCUT2D eigenvalue weighted by Crippen LogP contribution is -2.27. The third kappa shape index (κ3) is 3.69. The first-order valence-corrected chi connectivity index (χ1v) is 7.57. The summed E-state index contributed by atoms with van der Waals surface area (Å²) in [4.78, 5) is 12.1. The summed E-state index contributed by atoms with van der Waals surface area (Å²) in [5.74, 6) is 0.0311. The summed E-state index contributed by atoms with van der Waals surface area (Å²) >= 11 is 0. The Kier molecular flexibility index (Phi) is 5.24. The van der Waals surface area contributed by atoms with E-state index in [1.54, 1.807) is 11.0 Å². The van der Waals surface area contributed by atoms with Gasteiger partial charge in [-0.25, -0.2) is 4.68 Å². The minimum absolute atomic E-state index is 0.0311. The van der Waals surface area contributed by atoms with E-state index in [1.807, 2.05) is 25.5 Å². The number of carbonyl (C=O) groups is 1. The van der Waals surface area contributed by atoms with Crippen molar-refractivity contribution in [3.8, 4) is 0 Å². The smallest absolute Gasteiger partial charge is 0.220 e. The average Bonchev–Trinajstić information content (AvgIpc) is 3.06. The van der Waals surface area contributed by atoms with Crippen LogP contribution in [0.2, 0.25) is 0 Å². The zero-order valence-corrected chi connectivity index (χ0v) is 13.6. The van der Waals surface area contributed by atoms with E-state index in [2.05, 4.69) is 32.9 Å². The summed E-state index contributed by atoms with van der Waals surface area (Å²) in [6.07, 6.45) is 2.70. The fourth-order valence-electron chi connectivity index (χ4n) is 2.72. The lowest BCUT2D eigenvalue weighted by Gasteiger charge is -2.15. The van der Waals surface area contributed by atoms with Crippen molar-refractivity contribution in [1.82, 2.24) is 35.3 Å². The van der Waals surface area contributed by atoms with Gasteiger partial charge < -0.3 is 5.32 Å². The van der Waals surface area contributed by atoms with Gasteiger partial charge in [-0.2, -0.15) is 5.10 Å². The molecule has 8 nitrogen and oxygen atoms in total. The molecule has 0 bridgehead atoms. The van der Waals surface area contributed by atoms with Gasteiger partial charge in [0.1, 0.15) is 6.33 Å². The first kappa shape index (κ1) is 16.1. The molecule has 1 atom stereocenters. The van der Waals surface area contributed by atoms with Gasteiger partial charge in [0, 0.05) is 30.8 Å². The van der Waals surface area contributed by atoms with Crippen molar-refractivity contribution < 1.29 is 4.79 Å². The van der Waals surface area contributed by atoms with Gasteiger partial charge in [-0.15, -0.1) is 5.10 Å². The number of tetrazole rings is 1. The van der Waals surface area contributed by atoms with Gasteiger partial charge in [0.2, 0.25) is 5.91 Å². The molecule has 0 fully saturated rings. The van der Waals surface area contributed by atoms with Gasteiger partial charge >= 0.3 is 0 Å². The molecule has 22 heavy (non-hydrogen) atoms. The van der Waals surface area contributed by atoms with Crippen LogP contribution in [-0.2, 0) is 17.9 Å². The second-order valence-electron chi connectivity index (χ2n) is 5.37.